The maximum absolute atomic E-state index is 12.0. The Balaban J connectivity index is 1.72. The molecule has 5 nitrogen and oxygen atoms in total. The summed E-state index contributed by atoms with van der Waals surface area (Å²) in [6, 6.07) is 9.20. The van der Waals surface area contributed by atoms with E-state index in [1.807, 2.05) is 18.2 Å². The van der Waals surface area contributed by atoms with Crippen molar-refractivity contribution in [2.75, 3.05) is 39.3 Å². The van der Waals surface area contributed by atoms with Crippen molar-refractivity contribution in [1.29, 1.82) is 0 Å². The van der Waals surface area contributed by atoms with Crippen LogP contribution < -0.4 is 10.5 Å². The maximum atomic E-state index is 12.0. The average Bonchev–Trinajstić information content (AvgIpc) is 2.49. The standard InChI is InChI=1S/C15H23N3O2/c16-8-4-5-9-17-10-12-18(13-11-17)15(19)20-14-6-2-1-3-7-14/h1-3,6-7H,4-5,8-13,16H2. The summed E-state index contributed by atoms with van der Waals surface area (Å²) < 4.78 is 5.34. The third-order valence-corrected chi connectivity index (χ3v) is 3.51. The lowest BCUT2D eigenvalue weighted by Crippen LogP contribution is -2.49. The van der Waals surface area contributed by atoms with Gasteiger partial charge in [-0.2, -0.15) is 0 Å². The minimum atomic E-state index is -0.252. The topological polar surface area (TPSA) is 58.8 Å². The highest BCUT2D eigenvalue weighted by Crippen LogP contribution is 2.11. The van der Waals surface area contributed by atoms with E-state index in [2.05, 4.69) is 4.90 Å². The van der Waals surface area contributed by atoms with Crippen LogP contribution in [0.3, 0.4) is 0 Å². The normalized spacial score (nSPS) is 16.1. The summed E-state index contributed by atoms with van der Waals surface area (Å²) in [5.41, 5.74) is 5.49. The molecule has 1 aliphatic rings. The first-order valence-electron chi connectivity index (χ1n) is 7.24. The van der Waals surface area contributed by atoms with Crippen LogP contribution >= 0.6 is 0 Å². The predicted octanol–water partition coefficient (Wildman–Crippen LogP) is 1.54. The van der Waals surface area contributed by atoms with Gasteiger partial charge in [0.15, 0.2) is 0 Å². The number of ether oxygens (including phenoxy) is 1. The minimum Gasteiger partial charge on any atom is -0.410 e. The van der Waals surface area contributed by atoms with Crippen LogP contribution in [-0.4, -0.2) is 55.2 Å². The van der Waals surface area contributed by atoms with Gasteiger partial charge >= 0.3 is 6.09 Å². The molecule has 0 saturated carbocycles. The summed E-state index contributed by atoms with van der Waals surface area (Å²) in [5, 5.41) is 0. The van der Waals surface area contributed by atoms with E-state index in [1.54, 1.807) is 17.0 Å². The third kappa shape index (κ3) is 4.51. The molecule has 1 fully saturated rings. The van der Waals surface area contributed by atoms with Gasteiger partial charge in [-0.15, -0.1) is 0 Å². The number of benzene rings is 1. The van der Waals surface area contributed by atoms with Crippen molar-refractivity contribution in [3.8, 4) is 5.75 Å². The second kappa shape index (κ2) is 7.87. The molecule has 2 N–H and O–H groups in total. The van der Waals surface area contributed by atoms with Crippen molar-refractivity contribution >= 4 is 6.09 Å². The number of hydrogen-bond acceptors (Lipinski definition) is 4. The molecule has 1 saturated heterocycles. The molecule has 20 heavy (non-hydrogen) atoms. The molecule has 0 bridgehead atoms. The monoisotopic (exact) mass is 277 g/mol. The molecule has 0 aliphatic carbocycles. The molecule has 0 spiro atoms. The van der Waals surface area contributed by atoms with Gasteiger partial charge in [0.2, 0.25) is 0 Å². The van der Waals surface area contributed by atoms with Gasteiger partial charge < -0.3 is 15.4 Å². The van der Waals surface area contributed by atoms with Crippen molar-refractivity contribution in [2.45, 2.75) is 12.8 Å². The predicted molar refractivity (Wildman–Crippen MR) is 78.8 cm³/mol. The summed E-state index contributed by atoms with van der Waals surface area (Å²) in [4.78, 5) is 16.2. The van der Waals surface area contributed by atoms with E-state index < -0.39 is 0 Å². The van der Waals surface area contributed by atoms with Gasteiger partial charge in [0.05, 0.1) is 0 Å². The molecule has 1 aliphatic heterocycles. The lowest BCUT2D eigenvalue weighted by atomic mass is 10.2. The Morgan fingerprint density at radius 2 is 1.80 bits per heavy atom. The van der Waals surface area contributed by atoms with Crippen molar-refractivity contribution < 1.29 is 9.53 Å². The second-order valence-electron chi connectivity index (χ2n) is 5.01. The molecule has 110 valence electrons. The van der Waals surface area contributed by atoms with Gasteiger partial charge in [0.1, 0.15) is 5.75 Å². The molecule has 1 amide bonds. The Morgan fingerprint density at radius 3 is 2.45 bits per heavy atom. The first kappa shape index (κ1) is 14.8. The number of carbonyl (C=O) groups is 1. The SMILES string of the molecule is NCCCCN1CCN(C(=O)Oc2ccccc2)CC1. The Bertz CT molecular complexity index is 403. The zero-order valence-electron chi connectivity index (χ0n) is 11.8. The van der Waals surface area contributed by atoms with Gasteiger partial charge in [-0.05, 0) is 38.1 Å². The Kier molecular flexibility index (Phi) is 5.83. The second-order valence-corrected chi connectivity index (χ2v) is 5.01. The number of amides is 1. The Labute approximate surface area is 120 Å². The molecule has 1 heterocycles. The van der Waals surface area contributed by atoms with E-state index in [4.69, 9.17) is 10.5 Å². The fraction of sp³-hybridized carbons (Fsp3) is 0.533. The smallest absolute Gasteiger partial charge is 0.410 e. The highest BCUT2D eigenvalue weighted by Gasteiger charge is 2.22. The number of hydrogen-bond donors (Lipinski definition) is 1. The number of nitrogens with two attached hydrogens (primary N) is 1. The fourth-order valence-corrected chi connectivity index (χ4v) is 2.29. The average molecular weight is 277 g/mol. The molecule has 0 atom stereocenters. The van der Waals surface area contributed by atoms with Crippen molar-refractivity contribution in [3.05, 3.63) is 30.3 Å². The highest BCUT2D eigenvalue weighted by atomic mass is 16.6. The summed E-state index contributed by atoms with van der Waals surface area (Å²) in [5.74, 6) is 0.600. The Hall–Kier alpha value is -1.59. The quantitative estimate of drug-likeness (QED) is 0.829. The van der Waals surface area contributed by atoms with Crippen LogP contribution in [0.5, 0.6) is 5.75 Å². The summed E-state index contributed by atoms with van der Waals surface area (Å²) in [6.07, 6.45) is 1.94. The molecular weight excluding hydrogens is 254 g/mol. The first-order chi connectivity index (χ1) is 9.79. The molecule has 2 rings (SSSR count). The zero-order chi connectivity index (χ0) is 14.2. The van der Waals surface area contributed by atoms with Crippen molar-refractivity contribution in [3.63, 3.8) is 0 Å². The largest absolute Gasteiger partial charge is 0.415 e. The van der Waals surface area contributed by atoms with E-state index >= 15 is 0 Å². The lowest BCUT2D eigenvalue weighted by Gasteiger charge is -2.33. The van der Waals surface area contributed by atoms with Gasteiger partial charge in [0, 0.05) is 26.2 Å². The molecule has 0 radical (unpaired) electrons. The van der Waals surface area contributed by atoms with Gasteiger partial charge in [0.25, 0.3) is 0 Å². The first-order valence-corrected chi connectivity index (χ1v) is 7.24. The van der Waals surface area contributed by atoms with Crippen LogP contribution in [0.2, 0.25) is 0 Å². The van der Waals surface area contributed by atoms with Gasteiger partial charge in [-0.3, -0.25) is 4.90 Å². The van der Waals surface area contributed by atoms with Gasteiger partial charge in [-0.25, -0.2) is 4.79 Å². The van der Waals surface area contributed by atoms with Crippen LogP contribution in [0, 0.1) is 0 Å². The summed E-state index contributed by atoms with van der Waals surface area (Å²) >= 11 is 0. The van der Waals surface area contributed by atoms with E-state index in [1.165, 1.54) is 0 Å². The molecule has 1 aromatic rings. The summed E-state index contributed by atoms with van der Waals surface area (Å²) in [7, 11) is 0. The maximum Gasteiger partial charge on any atom is 0.415 e. The number of rotatable bonds is 5. The van der Waals surface area contributed by atoms with Crippen LogP contribution in [0.15, 0.2) is 30.3 Å². The number of carbonyl (C=O) groups excluding carboxylic acids is 1. The number of unbranched alkanes of at least 4 members (excludes halogenated alkanes) is 1. The number of nitrogens with zero attached hydrogens (tertiary/aromatic N) is 2. The molecule has 0 aromatic heterocycles. The lowest BCUT2D eigenvalue weighted by molar-refractivity contribution is 0.110. The van der Waals surface area contributed by atoms with Crippen molar-refractivity contribution in [2.24, 2.45) is 5.73 Å². The minimum absolute atomic E-state index is 0.252. The Morgan fingerprint density at radius 1 is 1.10 bits per heavy atom. The molecule has 1 aromatic carbocycles. The zero-order valence-corrected chi connectivity index (χ0v) is 11.8. The van der Waals surface area contributed by atoms with Crippen LogP contribution in [0.1, 0.15) is 12.8 Å². The fourth-order valence-electron chi connectivity index (χ4n) is 2.29. The summed E-state index contributed by atoms with van der Waals surface area (Å²) in [6.45, 7) is 5.10. The number of para-hydroxylation sites is 1. The van der Waals surface area contributed by atoms with E-state index in [-0.39, 0.29) is 6.09 Å². The molecular formula is C15H23N3O2. The van der Waals surface area contributed by atoms with E-state index in [0.717, 1.165) is 52.1 Å². The molecule has 5 heteroatoms. The van der Waals surface area contributed by atoms with Crippen molar-refractivity contribution in [1.82, 2.24) is 9.80 Å². The van der Waals surface area contributed by atoms with E-state index in [0.29, 0.717) is 5.75 Å². The van der Waals surface area contributed by atoms with E-state index in [9.17, 15) is 4.79 Å². The number of piperazine rings is 1. The molecule has 0 unspecified atom stereocenters. The van der Waals surface area contributed by atoms with Crippen LogP contribution in [0.4, 0.5) is 4.79 Å². The van der Waals surface area contributed by atoms with Crippen LogP contribution in [0.25, 0.3) is 0 Å². The van der Waals surface area contributed by atoms with Crippen LogP contribution in [-0.2, 0) is 0 Å². The highest BCUT2D eigenvalue weighted by molar-refractivity contribution is 5.70. The van der Waals surface area contributed by atoms with Gasteiger partial charge in [-0.1, -0.05) is 18.2 Å². The third-order valence-electron chi connectivity index (χ3n) is 3.51.